The van der Waals surface area contributed by atoms with Gasteiger partial charge in [-0.2, -0.15) is 0 Å². The molecular formula is C20H17NO4S. The molecule has 0 spiro atoms. The number of hydrogen-bond acceptors (Lipinski definition) is 4. The average molecular weight is 367 g/mol. The summed E-state index contributed by atoms with van der Waals surface area (Å²) in [6.07, 6.45) is 0.438. The number of sulfonamides is 1. The highest BCUT2D eigenvalue weighted by atomic mass is 32.2. The summed E-state index contributed by atoms with van der Waals surface area (Å²) < 4.78 is 33.5. The zero-order chi connectivity index (χ0) is 18.1. The maximum atomic E-state index is 12.8. The normalized spacial score (nSPS) is 16.5. The van der Waals surface area contributed by atoms with Crippen LogP contribution in [0.2, 0.25) is 0 Å². The third kappa shape index (κ3) is 2.93. The summed E-state index contributed by atoms with van der Waals surface area (Å²) >= 11 is 0. The molecular weight excluding hydrogens is 350 g/mol. The second-order valence-corrected chi connectivity index (χ2v) is 7.83. The number of carbonyl (C=O) groups is 1. The van der Waals surface area contributed by atoms with Gasteiger partial charge in [-0.3, -0.25) is 4.79 Å². The molecule has 0 aromatic heterocycles. The lowest BCUT2D eigenvalue weighted by Crippen LogP contribution is -2.36. The molecule has 0 bridgehead atoms. The maximum Gasteiger partial charge on any atom is 0.264 e. The van der Waals surface area contributed by atoms with Crippen LogP contribution in [0.3, 0.4) is 0 Å². The maximum absolute atomic E-state index is 12.8. The molecule has 6 heteroatoms. The summed E-state index contributed by atoms with van der Waals surface area (Å²) in [5.74, 6) is -0.458. The van der Waals surface area contributed by atoms with Crippen LogP contribution in [0.4, 0.5) is 0 Å². The van der Waals surface area contributed by atoms with Crippen LogP contribution in [-0.2, 0) is 14.8 Å². The van der Waals surface area contributed by atoms with E-state index in [1.54, 1.807) is 30.3 Å². The fraction of sp³-hybridized carbons (Fsp3) is 0.150. The second-order valence-electron chi connectivity index (χ2n) is 6.17. The van der Waals surface area contributed by atoms with Gasteiger partial charge in [-0.1, -0.05) is 54.6 Å². The van der Waals surface area contributed by atoms with E-state index in [1.807, 2.05) is 30.3 Å². The predicted molar refractivity (Wildman–Crippen MR) is 98.6 cm³/mol. The van der Waals surface area contributed by atoms with Gasteiger partial charge < -0.3 is 4.74 Å². The lowest BCUT2D eigenvalue weighted by molar-refractivity contribution is -0.121. The van der Waals surface area contributed by atoms with Crippen LogP contribution in [0.5, 0.6) is 5.75 Å². The van der Waals surface area contributed by atoms with Crippen molar-refractivity contribution in [2.45, 2.75) is 17.2 Å². The van der Waals surface area contributed by atoms with Crippen LogP contribution in [-0.4, -0.2) is 20.9 Å². The largest absolute Gasteiger partial charge is 0.493 e. The quantitative estimate of drug-likeness (QED) is 0.772. The van der Waals surface area contributed by atoms with Crippen molar-refractivity contribution in [1.29, 1.82) is 0 Å². The molecule has 3 aromatic carbocycles. The highest BCUT2D eigenvalue weighted by Gasteiger charge is 2.31. The van der Waals surface area contributed by atoms with Crippen LogP contribution < -0.4 is 9.46 Å². The molecule has 5 nitrogen and oxygen atoms in total. The van der Waals surface area contributed by atoms with Gasteiger partial charge in [0.25, 0.3) is 10.0 Å². The number of hydrogen-bond donors (Lipinski definition) is 1. The van der Waals surface area contributed by atoms with E-state index in [0.29, 0.717) is 29.7 Å². The van der Waals surface area contributed by atoms with Crippen molar-refractivity contribution in [3.05, 3.63) is 72.3 Å². The Kier molecular flexibility index (Phi) is 4.12. The zero-order valence-corrected chi connectivity index (χ0v) is 14.7. The predicted octanol–water partition coefficient (Wildman–Crippen LogP) is 3.21. The molecule has 0 fully saturated rings. The van der Waals surface area contributed by atoms with E-state index in [-0.39, 0.29) is 4.90 Å². The molecule has 0 radical (unpaired) electrons. The minimum Gasteiger partial charge on any atom is -0.493 e. The van der Waals surface area contributed by atoms with Gasteiger partial charge in [0.15, 0.2) is 0 Å². The number of amides is 1. The van der Waals surface area contributed by atoms with E-state index in [1.165, 1.54) is 6.07 Å². The topological polar surface area (TPSA) is 72.5 Å². The first-order chi connectivity index (χ1) is 12.6. The molecule has 1 aliphatic heterocycles. The molecule has 1 heterocycles. The lowest BCUT2D eigenvalue weighted by Gasteiger charge is -2.25. The van der Waals surface area contributed by atoms with Crippen molar-refractivity contribution in [2.75, 3.05) is 6.61 Å². The smallest absolute Gasteiger partial charge is 0.264 e. The van der Waals surface area contributed by atoms with Crippen molar-refractivity contribution in [1.82, 2.24) is 4.72 Å². The molecule has 132 valence electrons. The Hall–Kier alpha value is -2.86. The van der Waals surface area contributed by atoms with Gasteiger partial charge >= 0.3 is 0 Å². The van der Waals surface area contributed by atoms with Gasteiger partial charge in [0.05, 0.1) is 17.4 Å². The summed E-state index contributed by atoms with van der Waals surface area (Å²) in [5, 5.41) is 1.39. The zero-order valence-electron chi connectivity index (χ0n) is 13.9. The molecule has 1 N–H and O–H groups in total. The van der Waals surface area contributed by atoms with Gasteiger partial charge in [-0.25, -0.2) is 13.1 Å². The average Bonchev–Trinajstić information content (AvgIpc) is 2.66. The molecule has 1 atom stereocenters. The van der Waals surface area contributed by atoms with E-state index in [0.717, 1.165) is 5.39 Å². The highest BCUT2D eigenvalue weighted by molar-refractivity contribution is 7.90. The van der Waals surface area contributed by atoms with Crippen LogP contribution in [0, 0.1) is 0 Å². The Bertz CT molecular complexity index is 1090. The fourth-order valence-corrected chi connectivity index (χ4v) is 4.55. The number of nitrogens with one attached hydrogen (secondary N) is 1. The summed E-state index contributed by atoms with van der Waals surface area (Å²) in [4.78, 5) is 12.8. The minimum atomic E-state index is -3.98. The summed E-state index contributed by atoms with van der Waals surface area (Å²) in [6.45, 7) is 0.378. The summed E-state index contributed by atoms with van der Waals surface area (Å²) in [6, 6.07) is 19.4. The number of carbonyl (C=O) groups excluding carboxylic acids is 1. The summed E-state index contributed by atoms with van der Waals surface area (Å²) in [7, 11) is -3.98. The van der Waals surface area contributed by atoms with E-state index in [4.69, 9.17) is 4.74 Å². The molecule has 1 unspecified atom stereocenters. The summed E-state index contributed by atoms with van der Waals surface area (Å²) in [5.41, 5.74) is 0.712. The van der Waals surface area contributed by atoms with Gasteiger partial charge in [0, 0.05) is 10.9 Å². The first-order valence-electron chi connectivity index (χ1n) is 8.32. The molecule has 4 rings (SSSR count). The number of benzene rings is 3. The van der Waals surface area contributed by atoms with Gasteiger partial charge in [-0.05, 0) is 23.9 Å². The number of ether oxygens (including phenoxy) is 1. The third-order valence-corrected chi connectivity index (χ3v) is 5.95. The van der Waals surface area contributed by atoms with E-state index >= 15 is 0 Å². The standard InChI is InChI=1S/C20H17NO4S/c22-20(17-12-13-25-18-10-4-3-9-16(17)18)21-26(23,24)19-11-5-7-14-6-1-2-8-15(14)19/h1-11,17H,12-13H2,(H,21,22). The Balaban J connectivity index is 1.67. The highest BCUT2D eigenvalue weighted by Crippen LogP contribution is 2.34. The minimum absolute atomic E-state index is 0.101. The van der Waals surface area contributed by atoms with Crippen LogP contribution in [0.1, 0.15) is 17.9 Å². The fourth-order valence-electron chi connectivity index (χ4n) is 3.30. The molecule has 0 saturated heterocycles. The van der Waals surface area contributed by atoms with Gasteiger partial charge in [-0.15, -0.1) is 0 Å². The molecule has 26 heavy (non-hydrogen) atoms. The number of para-hydroxylation sites is 1. The number of fused-ring (bicyclic) bond motifs is 2. The Morgan fingerprint density at radius 3 is 2.58 bits per heavy atom. The van der Waals surface area contributed by atoms with E-state index in [2.05, 4.69) is 4.72 Å². The number of rotatable bonds is 3. The van der Waals surface area contributed by atoms with Gasteiger partial charge in [0.2, 0.25) is 5.91 Å². The molecule has 0 saturated carbocycles. The molecule has 0 aliphatic carbocycles. The molecule has 1 amide bonds. The first-order valence-corrected chi connectivity index (χ1v) is 9.81. The Morgan fingerprint density at radius 2 is 1.69 bits per heavy atom. The Morgan fingerprint density at radius 1 is 0.962 bits per heavy atom. The van der Waals surface area contributed by atoms with Crippen LogP contribution in [0.25, 0.3) is 10.8 Å². The SMILES string of the molecule is O=C(NS(=O)(=O)c1cccc2ccccc12)C1CCOc2ccccc21. The monoisotopic (exact) mass is 367 g/mol. The third-order valence-electron chi connectivity index (χ3n) is 4.55. The van der Waals surface area contributed by atoms with Crippen molar-refractivity contribution in [2.24, 2.45) is 0 Å². The van der Waals surface area contributed by atoms with E-state index in [9.17, 15) is 13.2 Å². The lowest BCUT2D eigenvalue weighted by atomic mass is 9.93. The first kappa shape index (κ1) is 16.6. The van der Waals surface area contributed by atoms with Crippen LogP contribution in [0.15, 0.2) is 71.6 Å². The second kappa shape index (κ2) is 6.46. The van der Waals surface area contributed by atoms with Crippen molar-refractivity contribution < 1.29 is 17.9 Å². The van der Waals surface area contributed by atoms with Crippen molar-refractivity contribution >= 4 is 26.7 Å². The van der Waals surface area contributed by atoms with Crippen molar-refractivity contribution in [3.63, 3.8) is 0 Å². The molecule has 3 aromatic rings. The van der Waals surface area contributed by atoms with Gasteiger partial charge in [0.1, 0.15) is 5.75 Å². The molecule has 1 aliphatic rings. The van der Waals surface area contributed by atoms with Crippen LogP contribution >= 0.6 is 0 Å². The van der Waals surface area contributed by atoms with Crippen molar-refractivity contribution in [3.8, 4) is 5.75 Å². The Labute approximate surface area is 151 Å². The van der Waals surface area contributed by atoms with E-state index < -0.39 is 21.8 Å².